The van der Waals surface area contributed by atoms with E-state index in [1.807, 2.05) is 61.5 Å². The number of hydrogen-bond acceptors (Lipinski definition) is 3. The predicted molar refractivity (Wildman–Crippen MR) is 85.6 cm³/mol. The highest BCUT2D eigenvalue weighted by Gasteiger charge is 2.22. The van der Waals surface area contributed by atoms with Crippen LogP contribution in [0.4, 0.5) is 5.69 Å². The van der Waals surface area contributed by atoms with Crippen LogP contribution in [0.3, 0.4) is 0 Å². The number of rotatable bonds is 6. The Morgan fingerprint density at radius 2 is 1.67 bits per heavy atom. The van der Waals surface area contributed by atoms with Gasteiger partial charge in [-0.1, -0.05) is 37.3 Å². The molecule has 0 aliphatic heterocycles. The Bertz CT molecular complexity index is 578. The second-order valence-corrected chi connectivity index (χ2v) is 5.16. The number of hydrogen-bond donors (Lipinski definition) is 1. The number of ether oxygens (including phenoxy) is 1. The maximum Gasteiger partial charge on any atom is 0.135 e. The minimum absolute atomic E-state index is 0.0594. The van der Waals surface area contributed by atoms with E-state index in [0.29, 0.717) is 0 Å². The summed E-state index contributed by atoms with van der Waals surface area (Å²) in [5.74, 6) is 0.866. The minimum atomic E-state index is -0.112. The molecule has 0 bridgehead atoms. The summed E-state index contributed by atoms with van der Waals surface area (Å²) < 4.78 is 5.19. The predicted octanol–water partition coefficient (Wildman–Crippen LogP) is 4.07. The molecule has 0 aliphatic rings. The van der Waals surface area contributed by atoms with Crippen molar-refractivity contribution in [3.8, 4) is 5.75 Å². The van der Waals surface area contributed by atoms with Crippen LogP contribution >= 0.6 is 0 Å². The molecule has 0 fully saturated rings. The Kier molecular flexibility index (Phi) is 4.99. The Morgan fingerprint density at radius 1 is 1.05 bits per heavy atom. The van der Waals surface area contributed by atoms with Crippen LogP contribution in [0, 0.1) is 5.92 Å². The van der Waals surface area contributed by atoms with Crippen LogP contribution in [0.1, 0.15) is 25.5 Å². The molecule has 2 unspecified atom stereocenters. The topological polar surface area (TPSA) is 38.3 Å². The average Bonchev–Trinajstić information content (AvgIpc) is 2.53. The number of benzene rings is 2. The summed E-state index contributed by atoms with van der Waals surface area (Å²) in [7, 11) is 1.65. The fraction of sp³-hybridized carbons (Fsp3) is 0.278. The molecule has 3 heteroatoms. The maximum absolute atomic E-state index is 11.8. The lowest BCUT2D eigenvalue weighted by Gasteiger charge is -2.25. The van der Waals surface area contributed by atoms with E-state index in [2.05, 4.69) is 5.32 Å². The van der Waals surface area contributed by atoms with E-state index in [1.54, 1.807) is 14.0 Å². The van der Waals surface area contributed by atoms with Gasteiger partial charge in [-0.25, -0.2) is 0 Å². The molecule has 2 aromatic carbocycles. The first-order valence-electron chi connectivity index (χ1n) is 7.08. The molecule has 2 atom stereocenters. The highest BCUT2D eigenvalue weighted by atomic mass is 16.5. The monoisotopic (exact) mass is 283 g/mol. The van der Waals surface area contributed by atoms with Gasteiger partial charge in [0.1, 0.15) is 11.5 Å². The molecule has 0 heterocycles. The lowest BCUT2D eigenvalue weighted by Crippen LogP contribution is -2.24. The van der Waals surface area contributed by atoms with Crippen LogP contribution < -0.4 is 10.1 Å². The average molecular weight is 283 g/mol. The lowest BCUT2D eigenvalue weighted by atomic mass is 9.91. The quantitative estimate of drug-likeness (QED) is 0.868. The van der Waals surface area contributed by atoms with Gasteiger partial charge in [-0.15, -0.1) is 0 Å². The zero-order chi connectivity index (χ0) is 15.2. The van der Waals surface area contributed by atoms with Crippen molar-refractivity contribution in [2.75, 3.05) is 12.4 Å². The second kappa shape index (κ2) is 6.93. The molecule has 0 saturated carbocycles. The third-order valence-electron chi connectivity index (χ3n) is 3.71. The number of nitrogens with one attached hydrogen (secondary N) is 1. The molecular formula is C18H21NO2. The molecule has 0 radical (unpaired) electrons. The third-order valence-corrected chi connectivity index (χ3v) is 3.71. The Labute approximate surface area is 126 Å². The van der Waals surface area contributed by atoms with Gasteiger partial charge in [0.25, 0.3) is 0 Å². The normalized spacial score (nSPS) is 13.3. The summed E-state index contributed by atoms with van der Waals surface area (Å²) in [6.45, 7) is 3.58. The summed E-state index contributed by atoms with van der Waals surface area (Å²) in [4.78, 5) is 11.8. The van der Waals surface area contributed by atoms with Gasteiger partial charge in [0.2, 0.25) is 0 Å². The number of Topliss-reactive ketones (excluding diaryl/α,β-unsaturated/α-hetero) is 1. The number of carbonyl (C=O) groups is 1. The molecule has 0 saturated heterocycles. The largest absolute Gasteiger partial charge is 0.497 e. The number of anilines is 1. The van der Waals surface area contributed by atoms with Crippen molar-refractivity contribution in [1.29, 1.82) is 0 Å². The minimum Gasteiger partial charge on any atom is -0.497 e. The third kappa shape index (κ3) is 3.85. The van der Waals surface area contributed by atoms with Crippen molar-refractivity contribution >= 4 is 11.5 Å². The molecule has 21 heavy (non-hydrogen) atoms. The molecule has 0 aliphatic carbocycles. The van der Waals surface area contributed by atoms with Gasteiger partial charge in [-0.2, -0.15) is 0 Å². The maximum atomic E-state index is 11.8. The molecule has 3 nitrogen and oxygen atoms in total. The van der Waals surface area contributed by atoms with Crippen LogP contribution in [0.5, 0.6) is 5.75 Å². The van der Waals surface area contributed by atoms with Crippen molar-refractivity contribution in [2.45, 2.75) is 19.9 Å². The van der Waals surface area contributed by atoms with E-state index >= 15 is 0 Å². The summed E-state index contributed by atoms with van der Waals surface area (Å²) in [6.07, 6.45) is 0. The first-order chi connectivity index (χ1) is 10.1. The standard InChI is InChI=1S/C18H21NO2/c1-13(14(2)20)18(19-16-7-5-4-6-8-16)15-9-11-17(21-3)12-10-15/h4-13,18-19H,1-3H3. The SMILES string of the molecule is COc1ccc(C(Nc2ccccc2)C(C)C(C)=O)cc1. The van der Waals surface area contributed by atoms with Gasteiger partial charge in [0.15, 0.2) is 0 Å². The van der Waals surface area contributed by atoms with Gasteiger partial charge in [0.05, 0.1) is 13.2 Å². The number of para-hydroxylation sites is 1. The van der Waals surface area contributed by atoms with Crippen molar-refractivity contribution in [3.63, 3.8) is 0 Å². The van der Waals surface area contributed by atoms with Crippen molar-refractivity contribution in [2.24, 2.45) is 5.92 Å². The lowest BCUT2D eigenvalue weighted by molar-refractivity contribution is -0.120. The van der Waals surface area contributed by atoms with E-state index in [9.17, 15) is 4.79 Å². The van der Waals surface area contributed by atoms with E-state index in [-0.39, 0.29) is 17.7 Å². The molecule has 2 aromatic rings. The van der Waals surface area contributed by atoms with Gasteiger partial charge >= 0.3 is 0 Å². The molecular weight excluding hydrogens is 262 g/mol. The molecule has 2 rings (SSSR count). The van der Waals surface area contributed by atoms with Crippen molar-refractivity contribution in [1.82, 2.24) is 0 Å². The van der Waals surface area contributed by atoms with Crippen LogP contribution in [-0.4, -0.2) is 12.9 Å². The molecule has 110 valence electrons. The van der Waals surface area contributed by atoms with Gasteiger partial charge in [0, 0.05) is 11.6 Å². The number of ketones is 1. The highest BCUT2D eigenvalue weighted by molar-refractivity contribution is 5.79. The summed E-state index contributed by atoms with van der Waals surface area (Å²) in [6, 6.07) is 17.7. The Morgan fingerprint density at radius 3 is 2.19 bits per heavy atom. The first kappa shape index (κ1) is 15.1. The van der Waals surface area contributed by atoms with Gasteiger partial charge in [-0.05, 0) is 36.8 Å². The van der Waals surface area contributed by atoms with Gasteiger partial charge < -0.3 is 10.1 Å². The van der Waals surface area contributed by atoms with E-state index in [1.165, 1.54) is 0 Å². The Hall–Kier alpha value is -2.29. The van der Waals surface area contributed by atoms with Crippen LogP contribution in [-0.2, 0) is 4.79 Å². The Balaban J connectivity index is 2.28. The summed E-state index contributed by atoms with van der Waals surface area (Å²) in [5.41, 5.74) is 2.08. The van der Waals surface area contributed by atoms with Crippen LogP contribution in [0.2, 0.25) is 0 Å². The van der Waals surface area contributed by atoms with E-state index in [0.717, 1.165) is 17.0 Å². The van der Waals surface area contributed by atoms with E-state index < -0.39 is 0 Å². The van der Waals surface area contributed by atoms with Gasteiger partial charge in [-0.3, -0.25) is 4.79 Å². The van der Waals surface area contributed by atoms with E-state index in [4.69, 9.17) is 4.74 Å². The summed E-state index contributed by atoms with van der Waals surface area (Å²) >= 11 is 0. The summed E-state index contributed by atoms with van der Waals surface area (Å²) in [5, 5.41) is 3.45. The number of carbonyl (C=O) groups excluding carboxylic acids is 1. The molecule has 1 N–H and O–H groups in total. The molecule has 0 spiro atoms. The highest BCUT2D eigenvalue weighted by Crippen LogP contribution is 2.28. The molecule has 0 aromatic heterocycles. The molecule has 0 amide bonds. The van der Waals surface area contributed by atoms with Crippen molar-refractivity contribution in [3.05, 3.63) is 60.2 Å². The van der Waals surface area contributed by atoms with Crippen LogP contribution in [0.25, 0.3) is 0 Å². The van der Waals surface area contributed by atoms with Crippen LogP contribution in [0.15, 0.2) is 54.6 Å². The number of methoxy groups -OCH3 is 1. The zero-order valence-electron chi connectivity index (χ0n) is 12.7. The van der Waals surface area contributed by atoms with Crippen molar-refractivity contribution < 1.29 is 9.53 Å². The second-order valence-electron chi connectivity index (χ2n) is 5.16. The first-order valence-corrected chi connectivity index (χ1v) is 7.08. The zero-order valence-corrected chi connectivity index (χ0v) is 12.7. The fourth-order valence-corrected chi connectivity index (χ4v) is 2.26. The smallest absolute Gasteiger partial charge is 0.135 e. The fourth-order valence-electron chi connectivity index (χ4n) is 2.26.